The van der Waals surface area contributed by atoms with Crippen molar-refractivity contribution < 1.29 is 18.3 Å². The Balaban J connectivity index is 2.04. The Hall–Kier alpha value is -0.920. The van der Waals surface area contributed by atoms with Crippen LogP contribution < -0.4 is 4.72 Å². The first kappa shape index (κ1) is 12.5. The van der Waals surface area contributed by atoms with Gasteiger partial charge in [0.25, 0.3) is 0 Å². The second kappa shape index (κ2) is 4.75. The first-order valence-corrected chi connectivity index (χ1v) is 7.67. The number of carbonyl (C=O) groups is 1. The molecule has 1 saturated carbocycles. The van der Waals surface area contributed by atoms with Crippen molar-refractivity contribution in [1.82, 2.24) is 4.72 Å². The summed E-state index contributed by atoms with van der Waals surface area (Å²) in [5.41, 5.74) is 0.0130. The van der Waals surface area contributed by atoms with Gasteiger partial charge in [0, 0.05) is 11.9 Å². The molecule has 1 heterocycles. The van der Waals surface area contributed by atoms with E-state index in [4.69, 9.17) is 5.11 Å². The largest absolute Gasteiger partial charge is 0.478 e. The lowest BCUT2D eigenvalue weighted by atomic mass is 9.86. The molecule has 0 amide bonds. The number of thiophene rings is 1. The molecular weight excluding hydrogens is 262 g/mol. The summed E-state index contributed by atoms with van der Waals surface area (Å²) in [5, 5.41) is 10.1. The molecule has 0 aliphatic heterocycles. The minimum Gasteiger partial charge on any atom is -0.478 e. The first-order chi connectivity index (χ1) is 7.99. The maximum absolute atomic E-state index is 11.8. The summed E-state index contributed by atoms with van der Waals surface area (Å²) >= 11 is 0.931. The quantitative estimate of drug-likeness (QED) is 0.853. The number of carboxylic acids is 1. The van der Waals surface area contributed by atoms with Gasteiger partial charge in [-0.2, -0.15) is 0 Å². The van der Waals surface area contributed by atoms with E-state index >= 15 is 0 Å². The molecule has 2 N–H and O–H groups in total. The molecule has 0 saturated heterocycles. The highest BCUT2D eigenvalue weighted by atomic mass is 32.2. The molecule has 0 aromatic carbocycles. The Morgan fingerprint density at radius 2 is 2.24 bits per heavy atom. The topological polar surface area (TPSA) is 83.5 Å². The van der Waals surface area contributed by atoms with Crippen molar-refractivity contribution in [1.29, 1.82) is 0 Å². The SMILES string of the molecule is O=C(O)c1csc(S(=O)(=O)NCC2CCC2)c1. The average molecular weight is 275 g/mol. The number of nitrogens with one attached hydrogen (secondary N) is 1. The molecule has 94 valence electrons. The Kier molecular flexibility index (Phi) is 3.50. The first-order valence-electron chi connectivity index (χ1n) is 5.30. The second-order valence-corrected chi connectivity index (χ2v) is 7.01. The normalized spacial score (nSPS) is 16.7. The summed E-state index contributed by atoms with van der Waals surface area (Å²) in [5.74, 6) is -0.676. The molecule has 7 heteroatoms. The van der Waals surface area contributed by atoms with Gasteiger partial charge in [0.05, 0.1) is 5.56 Å². The monoisotopic (exact) mass is 275 g/mol. The van der Waals surface area contributed by atoms with Gasteiger partial charge in [0.1, 0.15) is 4.21 Å². The molecule has 0 atom stereocenters. The van der Waals surface area contributed by atoms with Crippen molar-refractivity contribution in [3.05, 3.63) is 17.0 Å². The van der Waals surface area contributed by atoms with Crippen molar-refractivity contribution >= 4 is 27.3 Å². The highest BCUT2D eigenvalue weighted by Gasteiger charge is 2.23. The van der Waals surface area contributed by atoms with Crippen LogP contribution in [-0.4, -0.2) is 26.0 Å². The van der Waals surface area contributed by atoms with Crippen molar-refractivity contribution in [2.75, 3.05) is 6.54 Å². The summed E-state index contributed by atoms with van der Waals surface area (Å²) in [6.45, 7) is 0.447. The van der Waals surface area contributed by atoms with Crippen LogP contribution in [0, 0.1) is 5.92 Å². The van der Waals surface area contributed by atoms with Gasteiger partial charge < -0.3 is 5.11 Å². The average Bonchev–Trinajstić information content (AvgIpc) is 2.63. The van der Waals surface area contributed by atoms with Crippen molar-refractivity contribution in [3.63, 3.8) is 0 Å². The van der Waals surface area contributed by atoms with E-state index in [1.807, 2.05) is 0 Å². The number of carboxylic acid groups (broad SMARTS) is 1. The maximum atomic E-state index is 11.8. The van der Waals surface area contributed by atoms with Crippen LogP contribution in [0.5, 0.6) is 0 Å². The molecule has 0 spiro atoms. The lowest BCUT2D eigenvalue weighted by Gasteiger charge is -2.25. The van der Waals surface area contributed by atoms with E-state index in [0.29, 0.717) is 12.5 Å². The van der Waals surface area contributed by atoms with Crippen LogP contribution in [0.3, 0.4) is 0 Å². The van der Waals surface area contributed by atoms with E-state index in [-0.39, 0.29) is 9.77 Å². The summed E-state index contributed by atoms with van der Waals surface area (Å²) < 4.78 is 26.2. The van der Waals surface area contributed by atoms with Crippen molar-refractivity contribution in [3.8, 4) is 0 Å². The zero-order valence-electron chi connectivity index (χ0n) is 9.05. The van der Waals surface area contributed by atoms with Crippen LogP contribution in [0.2, 0.25) is 0 Å². The lowest BCUT2D eigenvalue weighted by Crippen LogP contribution is -2.31. The molecule has 1 aromatic rings. The molecule has 1 fully saturated rings. The van der Waals surface area contributed by atoms with Crippen molar-refractivity contribution in [2.24, 2.45) is 5.92 Å². The summed E-state index contributed by atoms with van der Waals surface area (Å²) in [7, 11) is -3.54. The standard InChI is InChI=1S/C10H13NO4S2/c12-10(13)8-4-9(16-6-8)17(14,15)11-5-7-2-1-3-7/h4,6-7,11H,1-3,5H2,(H,12,13). The van der Waals surface area contributed by atoms with Crippen molar-refractivity contribution in [2.45, 2.75) is 23.5 Å². The van der Waals surface area contributed by atoms with Gasteiger partial charge in [-0.1, -0.05) is 6.42 Å². The third-order valence-corrected chi connectivity index (χ3v) is 5.74. The molecule has 1 aromatic heterocycles. The van der Waals surface area contributed by atoms with Gasteiger partial charge >= 0.3 is 5.97 Å². The zero-order valence-corrected chi connectivity index (χ0v) is 10.7. The minimum atomic E-state index is -3.54. The van der Waals surface area contributed by atoms with Gasteiger partial charge in [-0.15, -0.1) is 11.3 Å². The number of hydrogen-bond acceptors (Lipinski definition) is 4. The van der Waals surface area contributed by atoms with Crippen LogP contribution in [0.1, 0.15) is 29.6 Å². The third-order valence-electron chi connectivity index (χ3n) is 2.87. The Morgan fingerprint density at radius 3 is 2.71 bits per heavy atom. The number of hydrogen-bond donors (Lipinski definition) is 2. The van der Waals surface area contributed by atoms with E-state index in [9.17, 15) is 13.2 Å². The predicted molar refractivity (Wildman–Crippen MR) is 63.8 cm³/mol. The highest BCUT2D eigenvalue weighted by Crippen LogP contribution is 2.26. The molecule has 0 radical (unpaired) electrons. The predicted octanol–water partition coefficient (Wildman–Crippen LogP) is 1.52. The lowest BCUT2D eigenvalue weighted by molar-refractivity contribution is 0.0697. The maximum Gasteiger partial charge on any atom is 0.336 e. The molecule has 2 rings (SSSR count). The van der Waals surface area contributed by atoms with E-state index in [1.165, 1.54) is 11.4 Å². The highest BCUT2D eigenvalue weighted by molar-refractivity contribution is 7.91. The summed E-state index contributed by atoms with van der Waals surface area (Å²) in [6.07, 6.45) is 3.29. The fraction of sp³-hybridized carbons (Fsp3) is 0.500. The van der Waals surface area contributed by atoms with Gasteiger partial charge in [-0.3, -0.25) is 0 Å². The smallest absolute Gasteiger partial charge is 0.336 e. The van der Waals surface area contributed by atoms with Gasteiger partial charge in [0.15, 0.2) is 0 Å². The van der Waals surface area contributed by atoms with Crippen LogP contribution in [0.4, 0.5) is 0 Å². The number of aromatic carboxylic acids is 1. The van der Waals surface area contributed by atoms with Crippen LogP contribution >= 0.6 is 11.3 Å². The molecule has 5 nitrogen and oxygen atoms in total. The van der Waals surface area contributed by atoms with Crippen LogP contribution in [0.15, 0.2) is 15.7 Å². The summed E-state index contributed by atoms with van der Waals surface area (Å²) in [6, 6.07) is 1.19. The van der Waals surface area contributed by atoms with E-state index in [0.717, 1.165) is 30.6 Å². The summed E-state index contributed by atoms with van der Waals surface area (Å²) in [4.78, 5) is 10.7. The van der Waals surface area contributed by atoms with Gasteiger partial charge in [-0.25, -0.2) is 17.9 Å². The Morgan fingerprint density at radius 1 is 1.53 bits per heavy atom. The molecule has 1 aliphatic rings. The number of rotatable bonds is 5. The Bertz CT molecular complexity index is 516. The van der Waals surface area contributed by atoms with Gasteiger partial charge in [-0.05, 0) is 24.8 Å². The van der Waals surface area contributed by atoms with E-state index in [1.54, 1.807) is 0 Å². The minimum absolute atomic E-state index is 0.0130. The fourth-order valence-electron chi connectivity index (χ4n) is 1.57. The number of sulfonamides is 1. The van der Waals surface area contributed by atoms with E-state index < -0.39 is 16.0 Å². The molecule has 0 bridgehead atoms. The van der Waals surface area contributed by atoms with Crippen LogP contribution in [-0.2, 0) is 10.0 Å². The zero-order chi connectivity index (χ0) is 12.5. The third kappa shape index (κ3) is 2.85. The van der Waals surface area contributed by atoms with E-state index in [2.05, 4.69) is 4.72 Å². The second-order valence-electron chi connectivity index (χ2n) is 4.11. The molecule has 17 heavy (non-hydrogen) atoms. The molecule has 1 aliphatic carbocycles. The van der Waals surface area contributed by atoms with Gasteiger partial charge in [0.2, 0.25) is 10.0 Å². The van der Waals surface area contributed by atoms with Crippen LogP contribution in [0.25, 0.3) is 0 Å². The molecular formula is C10H13NO4S2. The molecule has 0 unspecified atom stereocenters. The Labute approximate surface area is 104 Å². The fourth-order valence-corrected chi connectivity index (χ4v) is 3.88.